The van der Waals surface area contributed by atoms with Gasteiger partial charge < -0.3 is 0 Å². The van der Waals surface area contributed by atoms with E-state index < -0.39 is 0 Å². The Morgan fingerprint density at radius 1 is 1.20 bits per heavy atom. The maximum atomic E-state index is 4.71. The van der Waals surface area contributed by atoms with Crippen LogP contribution in [-0.2, 0) is 11.8 Å². The summed E-state index contributed by atoms with van der Waals surface area (Å²) < 4.78 is 0. The van der Waals surface area contributed by atoms with Crippen molar-refractivity contribution in [3.63, 3.8) is 0 Å². The Kier molecular flexibility index (Phi) is 9.84. The van der Waals surface area contributed by atoms with Gasteiger partial charge in [-0.05, 0) is 0 Å². The molecule has 58 valence electrons. The van der Waals surface area contributed by atoms with Gasteiger partial charge in [0.25, 0.3) is 0 Å². The predicted molar refractivity (Wildman–Crippen MR) is 51.5 cm³/mol. The van der Waals surface area contributed by atoms with Crippen LogP contribution in [0, 0.1) is 5.63 Å². The minimum absolute atomic E-state index is 0.901. The van der Waals surface area contributed by atoms with Crippen molar-refractivity contribution >= 4 is 18.6 Å². The van der Waals surface area contributed by atoms with E-state index in [1.165, 1.54) is 32.1 Å². The Morgan fingerprint density at radius 2 is 1.90 bits per heavy atom. The van der Waals surface area contributed by atoms with Crippen molar-refractivity contribution in [3.8, 4) is 5.63 Å². The number of hydrogen-bond acceptors (Lipinski definition) is 1. The Labute approximate surface area is 70.2 Å². The topological polar surface area (TPSA) is 0 Å². The van der Waals surface area contributed by atoms with Crippen LogP contribution in [0.5, 0.6) is 0 Å². The molecule has 0 unspecified atom stereocenters. The van der Waals surface area contributed by atoms with Crippen LogP contribution in [0.3, 0.4) is 0 Å². The van der Waals surface area contributed by atoms with E-state index in [9.17, 15) is 0 Å². The molecule has 0 amide bonds. The molecule has 0 aromatic heterocycles. The summed E-state index contributed by atoms with van der Waals surface area (Å²) in [5.41, 5.74) is 3.11. The van der Waals surface area contributed by atoms with Crippen LogP contribution in [-0.4, -0.2) is 0 Å². The molecule has 2 heteroatoms. The normalized spacial score (nSPS) is 8.90. The van der Waals surface area contributed by atoms with Crippen molar-refractivity contribution in [1.82, 2.24) is 0 Å². The van der Waals surface area contributed by atoms with Crippen LogP contribution in [0.4, 0.5) is 0 Å². The molecule has 0 spiro atoms. The van der Waals surface area contributed by atoms with E-state index in [1.54, 1.807) is 0 Å². The first kappa shape index (κ1) is 10.4. The van der Waals surface area contributed by atoms with E-state index in [2.05, 4.69) is 12.6 Å². The van der Waals surface area contributed by atoms with Crippen molar-refractivity contribution < 1.29 is 0 Å². The van der Waals surface area contributed by atoms with Crippen molar-refractivity contribution in [3.05, 3.63) is 0 Å². The molecule has 0 saturated carbocycles. The summed E-state index contributed by atoms with van der Waals surface area (Å²) >= 11 is 4.71. The van der Waals surface area contributed by atoms with E-state index in [4.69, 9.17) is 11.8 Å². The summed E-state index contributed by atoms with van der Waals surface area (Å²) in [6.07, 6.45) is 7.81. The second kappa shape index (κ2) is 9.43. The van der Waals surface area contributed by atoms with Crippen LogP contribution in [0.15, 0.2) is 0 Å². The summed E-state index contributed by atoms with van der Waals surface area (Å²) in [5, 5.41) is 0. The van der Waals surface area contributed by atoms with Gasteiger partial charge in [0.2, 0.25) is 0 Å². The van der Waals surface area contributed by atoms with Crippen molar-refractivity contribution in [2.24, 2.45) is 0 Å². The average molecular weight is 174 g/mol. The molecule has 0 heterocycles. The maximum absolute atomic E-state index is 4.71. The molecular weight excluding hydrogens is 159 g/mol. The van der Waals surface area contributed by atoms with Gasteiger partial charge in [0.05, 0.1) is 0 Å². The van der Waals surface area contributed by atoms with Gasteiger partial charge in [-0.3, -0.25) is 0 Å². The van der Waals surface area contributed by atoms with Gasteiger partial charge in [0.15, 0.2) is 0 Å². The first-order valence-corrected chi connectivity index (χ1v) is 5.87. The van der Waals surface area contributed by atoms with Gasteiger partial charge >= 0.3 is 69.7 Å². The monoisotopic (exact) mass is 174 g/mol. The third-order valence-corrected chi connectivity index (χ3v) is 2.20. The van der Waals surface area contributed by atoms with Gasteiger partial charge in [-0.15, -0.1) is 0 Å². The predicted octanol–water partition coefficient (Wildman–Crippen LogP) is 3.71. The first-order chi connectivity index (χ1) is 4.91. The van der Waals surface area contributed by atoms with Crippen molar-refractivity contribution in [2.45, 2.75) is 45.4 Å². The Balaban J connectivity index is 2.88. The molecule has 10 heavy (non-hydrogen) atoms. The van der Waals surface area contributed by atoms with E-state index in [0.717, 1.165) is 13.2 Å². The molecule has 0 fully saturated rings. The average Bonchev–Trinajstić information content (AvgIpc) is 1.97. The van der Waals surface area contributed by atoms with Crippen molar-refractivity contribution in [2.75, 3.05) is 0 Å². The quantitative estimate of drug-likeness (QED) is 0.452. The molecule has 0 nitrogen and oxygen atoms in total. The zero-order valence-electron chi connectivity index (χ0n) is 6.60. The molecule has 0 rings (SSSR count). The Bertz CT molecular complexity index is 146. The SMILES string of the molecule is CCCCCCCC#P=S. The standard InChI is InChI=1S/C8H15PS/c1-2-3-4-5-6-7-8-9-10/h2-7H2,1H3. The molecular formula is C8H15PS. The van der Waals surface area contributed by atoms with Gasteiger partial charge in [0, 0.05) is 0 Å². The van der Waals surface area contributed by atoms with Crippen molar-refractivity contribution in [1.29, 1.82) is 0 Å². The fourth-order valence-corrected chi connectivity index (χ4v) is 1.38. The zero-order valence-corrected chi connectivity index (χ0v) is 8.31. The summed E-state index contributed by atoms with van der Waals surface area (Å²) in [6.45, 7) is 3.14. The van der Waals surface area contributed by atoms with Gasteiger partial charge in [-0.1, -0.05) is 0 Å². The summed E-state index contributed by atoms with van der Waals surface area (Å²) in [7, 11) is 0. The summed E-state index contributed by atoms with van der Waals surface area (Å²) in [4.78, 5) is 0. The van der Waals surface area contributed by atoms with E-state index in [1.807, 2.05) is 0 Å². The Hall–Kier alpha value is 0.430. The van der Waals surface area contributed by atoms with E-state index in [0.29, 0.717) is 0 Å². The van der Waals surface area contributed by atoms with Crippen LogP contribution in [0.25, 0.3) is 0 Å². The number of hydrogen-bond donors (Lipinski definition) is 0. The van der Waals surface area contributed by atoms with Gasteiger partial charge in [0.1, 0.15) is 0 Å². The number of unbranched alkanes of at least 4 members (excludes halogenated alkanes) is 5. The molecule has 0 atom stereocenters. The molecule has 0 aromatic carbocycles. The fourth-order valence-electron chi connectivity index (χ4n) is 0.853. The molecule has 0 N–H and O–H groups in total. The van der Waals surface area contributed by atoms with Gasteiger partial charge in [-0.2, -0.15) is 0 Å². The number of rotatable bonds is 5. The van der Waals surface area contributed by atoms with E-state index in [-0.39, 0.29) is 0 Å². The van der Waals surface area contributed by atoms with Crippen LogP contribution in [0.2, 0.25) is 0 Å². The minimum atomic E-state index is 0.901. The second-order valence-corrected chi connectivity index (χ2v) is 3.46. The molecule has 0 saturated heterocycles. The van der Waals surface area contributed by atoms with Crippen LogP contribution in [0.1, 0.15) is 45.4 Å². The third kappa shape index (κ3) is 8.43. The summed E-state index contributed by atoms with van der Waals surface area (Å²) in [6, 6.07) is 0. The zero-order chi connectivity index (χ0) is 7.66. The Morgan fingerprint density at radius 3 is 2.50 bits per heavy atom. The van der Waals surface area contributed by atoms with Crippen LogP contribution < -0.4 is 0 Å². The molecule has 0 aromatic rings. The fraction of sp³-hybridized carbons (Fsp3) is 0.875. The molecule has 0 aliphatic heterocycles. The molecule has 0 bridgehead atoms. The summed E-state index contributed by atoms with van der Waals surface area (Å²) in [5.74, 6) is 0. The molecule has 0 radical (unpaired) electrons. The first-order valence-electron chi connectivity index (χ1n) is 3.97. The second-order valence-electron chi connectivity index (χ2n) is 2.41. The van der Waals surface area contributed by atoms with E-state index >= 15 is 0 Å². The van der Waals surface area contributed by atoms with Crippen LogP contribution >= 0.6 is 6.81 Å². The third-order valence-electron chi connectivity index (χ3n) is 1.46. The molecule has 0 aliphatic carbocycles. The molecule has 0 aliphatic rings. The van der Waals surface area contributed by atoms with Gasteiger partial charge in [-0.25, -0.2) is 0 Å².